The highest BCUT2D eigenvalue weighted by molar-refractivity contribution is 5.98. The number of alkyl halides is 2. The fourth-order valence-electron chi connectivity index (χ4n) is 1.75. The second kappa shape index (κ2) is 4.97. The number of furan rings is 1. The maximum Gasteiger partial charge on any atom is 0.287 e. The van der Waals surface area contributed by atoms with Crippen LogP contribution in [0, 0.1) is 6.92 Å². The Hall–Kier alpha value is -1.95. The molecule has 2 aromatic rings. The number of aryl methyl sites for hydroxylation is 1. The Morgan fingerprint density at radius 3 is 2.74 bits per heavy atom. The number of fused-ring (bicyclic) bond motifs is 1. The van der Waals surface area contributed by atoms with Crippen LogP contribution in [0.4, 0.5) is 8.78 Å². The number of halogens is 2. The highest BCUT2D eigenvalue weighted by Crippen LogP contribution is 2.24. The molecule has 1 aromatic heterocycles. The van der Waals surface area contributed by atoms with Crippen molar-refractivity contribution in [1.29, 1.82) is 0 Å². The summed E-state index contributed by atoms with van der Waals surface area (Å²) in [6.45, 7) is 0.0903. The summed E-state index contributed by atoms with van der Waals surface area (Å²) in [6.07, 6.45) is 0. The monoisotopic (exact) mass is 268 g/mol. The molecule has 3 N–H and O–H groups in total. The lowest BCUT2D eigenvalue weighted by Gasteiger charge is -2.13. The van der Waals surface area contributed by atoms with Crippen LogP contribution in [0.25, 0.3) is 11.0 Å². The first kappa shape index (κ1) is 13.5. The van der Waals surface area contributed by atoms with E-state index in [1.165, 1.54) is 0 Å². The summed E-state index contributed by atoms with van der Waals surface area (Å²) in [4.78, 5) is 11.8. The third-order valence-electron chi connectivity index (χ3n) is 2.86. The molecule has 4 nitrogen and oxygen atoms in total. The van der Waals surface area contributed by atoms with E-state index in [1.54, 1.807) is 25.1 Å². The van der Waals surface area contributed by atoms with Gasteiger partial charge in [0.2, 0.25) is 0 Å². The highest BCUT2D eigenvalue weighted by Gasteiger charge is 2.28. The van der Waals surface area contributed by atoms with Crippen LogP contribution in [-0.2, 0) is 0 Å². The van der Waals surface area contributed by atoms with Crippen molar-refractivity contribution in [3.63, 3.8) is 0 Å². The molecule has 0 spiro atoms. The minimum Gasteiger partial charge on any atom is -0.451 e. The Labute approximate surface area is 108 Å². The van der Waals surface area contributed by atoms with Crippen molar-refractivity contribution in [1.82, 2.24) is 5.32 Å². The average Bonchev–Trinajstić information content (AvgIpc) is 2.74. The summed E-state index contributed by atoms with van der Waals surface area (Å²) < 4.78 is 31.3. The molecule has 1 heterocycles. The Bertz CT molecular complexity index is 608. The molecule has 0 unspecified atom stereocenters. The van der Waals surface area contributed by atoms with Crippen LogP contribution < -0.4 is 11.1 Å². The molecule has 1 amide bonds. The molecular weight excluding hydrogens is 254 g/mol. The lowest BCUT2D eigenvalue weighted by atomic mass is 10.1. The summed E-state index contributed by atoms with van der Waals surface area (Å²) in [6, 6.07) is 7.11. The van der Waals surface area contributed by atoms with Crippen LogP contribution in [0.15, 0.2) is 28.7 Å². The van der Waals surface area contributed by atoms with E-state index in [9.17, 15) is 13.6 Å². The predicted octanol–water partition coefficient (Wildman–Crippen LogP) is 2.07. The highest BCUT2D eigenvalue weighted by atomic mass is 19.3. The molecular formula is C13H14F2N2O2. The van der Waals surface area contributed by atoms with E-state index >= 15 is 0 Å². The van der Waals surface area contributed by atoms with Crippen molar-refractivity contribution in [3.8, 4) is 0 Å². The third-order valence-corrected chi connectivity index (χ3v) is 2.86. The number of benzene rings is 1. The molecule has 0 bridgehead atoms. The molecule has 0 aliphatic carbocycles. The molecule has 0 aliphatic rings. The molecule has 19 heavy (non-hydrogen) atoms. The van der Waals surface area contributed by atoms with Crippen molar-refractivity contribution in [2.75, 3.05) is 13.1 Å². The number of nitrogens with two attached hydrogens (primary N) is 1. The number of nitrogens with one attached hydrogen (secondary N) is 1. The number of amides is 1. The molecule has 0 fully saturated rings. The van der Waals surface area contributed by atoms with E-state index in [0.717, 1.165) is 5.39 Å². The number of para-hydroxylation sites is 1. The van der Waals surface area contributed by atoms with Crippen LogP contribution in [0.2, 0.25) is 0 Å². The van der Waals surface area contributed by atoms with E-state index in [4.69, 9.17) is 10.2 Å². The van der Waals surface area contributed by atoms with Gasteiger partial charge in [0, 0.05) is 10.9 Å². The van der Waals surface area contributed by atoms with Crippen molar-refractivity contribution in [3.05, 3.63) is 35.6 Å². The molecule has 0 saturated heterocycles. The smallest absolute Gasteiger partial charge is 0.287 e. The lowest BCUT2D eigenvalue weighted by Crippen LogP contribution is -2.41. The molecule has 102 valence electrons. The lowest BCUT2D eigenvalue weighted by molar-refractivity contribution is 0.0116. The van der Waals surface area contributed by atoms with Crippen LogP contribution in [-0.4, -0.2) is 24.9 Å². The van der Waals surface area contributed by atoms with Crippen molar-refractivity contribution >= 4 is 16.9 Å². The first-order valence-corrected chi connectivity index (χ1v) is 5.79. The van der Waals surface area contributed by atoms with Gasteiger partial charge in [0.25, 0.3) is 11.8 Å². The van der Waals surface area contributed by atoms with Gasteiger partial charge in [-0.25, -0.2) is 8.78 Å². The van der Waals surface area contributed by atoms with E-state index in [-0.39, 0.29) is 5.76 Å². The first-order valence-electron chi connectivity index (χ1n) is 5.79. The zero-order chi connectivity index (χ0) is 14.0. The fraction of sp³-hybridized carbons (Fsp3) is 0.308. The van der Waals surface area contributed by atoms with Crippen LogP contribution >= 0.6 is 0 Å². The van der Waals surface area contributed by atoms with Gasteiger partial charge in [-0.2, -0.15) is 0 Å². The second-order valence-electron chi connectivity index (χ2n) is 4.30. The number of hydrogen-bond acceptors (Lipinski definition) is 3. The summed E-state index contributed by atoms with van der Waals surface area (Å²) in [7, 11) is 0. The Morgan fingerprint density at radius 2 is 2.11 bits per heavy atom. The summed E-state index contributed by atoms with van der Waals surface area (Å²) in [5, 5.41) is 2.92. The third kappa shape index (κ3) is 2.73. The molecule has 2 rings (SSSR count). The fourth-order valence-corrected chi connectivity index (χ4v) is 1.75. The molecule has 6 heteroatoms. The topological polar surface area (TPSA) is 68.3 Å². The van der Waals surface area contributed by atoms with E-state index in [1.807, 2.05) is 6.07 Å². The van der Waals surface area contributed by atoms with Crippen molar-refractivity contribution < 1.29 is 18.0 Å². The Kier molecular flexibility index (Phi) is 3.53. The van der Waals surface area contributed by atoms with Crippen LogP contribution in [0.1, 0.15) is 16.1 Å². The molecule has 0 radical (unpaired) electrons. The van der Waals surface area contributed by atoms with E-state index in [2.05, 4.69) is 5.32 Å². The zero-order valence-corrected chi connectivity index (χ0v) is 10.4. The van der Waals surface area contributed by atoms with Gasteiger partial charge in [0.1, 0.15) is 5.58 Å². The molecule has 1 aromatic carbocycles. The SMILES string of the molecule is Cc1c(C(=O)NCC(F)(F)CN)oc2ccccc12. The molecule has 0 saturated carbocycles. The van der Waals surface area contributed by atoms with Gasteiger partial charge >= 0.3 is 0 Å². The number of carbonyl (C=O) groups excluding carboxylic acids is 1. The summed E-state index contributed by atoms with van der Waals surface area (Å²) in [5.74, 6) is -3.73. The number of carbonyl (C=O) groups is 1. The van der Waals surface area contributed by atoms with Gasteiger partial charge in [-0.15, -0.1) is 0 Å². The molecule has 0 atom stereocenters. The molecule has 0 aliphatic heterocycles. The van der Waals surface area contributed by atoms with Crippen molar-refractivity contribution in [2.24, 2.45) is 5.73 Å². The van der Waals surface area contributed by atoms with Crippen LogP contribution in [0.3, 0.4) is 0 Å². The summed E-state index contributed by atoms with van der Waals surface area (Å²) >= 11 is 0. The number of rotatable bonds is 4. The van der Waals surface area contributed by atoms with Gasteiger partial charge in [-0.1, -0.05) is 18.2 Å². The standard InChI is InChI=1S/C13H14F2N2O2/c1-8-9-4-2-3-5-10(9)19-11(8)12(18)17-7-13(14,15)6-16/h2-5H,6-7,16H2,1H3,(H,17,18). The van der Waals surface area contributed by atoms with Crippen molar-refractivity contribution in [2.45, 2.75) is 12.8 Å². The van der Waals surface area contributed by atoms with Crippen LogP contribution in [0.5, 0.6) is 0 Å². The largest absolute Gasteiger partial charge is 0.451 e. The maximum absolute atomic E-state index is 13.0. The van der Waals surface area contributed by atoms with E-state index in [0.29, 0.717) is 11.1 Å². The Morgan fingerprint density at radius 1 is 1.42 bits per heavy atom. The quantitative estimate of drug-likeness (QED) is 0.891. The number of hydrogen-bond donors (Lipinski definition) is 2. The minimum atomic E-state index is -3.12. The van der Waals surface area contributed by atoms with Gasteiger partial charge < -0.3 is 15.5 Å². The van der Waals surface area contributed by atoms with Gasteiger partial charge in [-0.05, 0) is 13.0 Å². The Balaban J connectivity index is 2.20. The van der Waals surface area contributed by atoms with Gasteiger partial charge in [0.15, 0.2) is 5.76 Å². The normalized spacial score (nSPS) is 11.8. The summed E-state index contributed by atoms with van der Waals surface area (Å²) in [5.41, 5.74) is 6.08. The zero-order valence-electron chi connectivity index (χ0n) is 10.4. The van der Waals surface area contributed by atoms with Gasteiger partial charge in [0.05, 0.1) is 13.1 Å². The first-order chi connectivity index (χ1) is 8.94. The minimum absolute atomic E-state index is 0.0500. The maximum atomic E-state index is 13.0. The predicted molar refractivity (Wildman–Crippen MR) is 67.3 cm³/mol. The van der Waals surface area contributed by atoms with Gasteiger partial charge in [-0.3, -0.25) is 4.79 Å². The second-order valence-corrected chi connectivity index (χ2v) is 4.30. The average molecular weight is 268 g/mol. The van der Waals surface area contributed by atoms with E-state index < -0.39 is 24.9 Å².